The molecule has 3 nitrogen and oxygen atoms in total. The monoisotopic (exact) mass is 245 g/mol. The van der Waals surface area contributed by atoms with Crippen molar-refractivity contribution in [1.29, 1.82) is 0 Å². The number of benzene rings is 1. The van der Waals surface area contributed by atoms with Crippen molar-refractivity contribution in [3.63, 3.8) is 0 Å². The highest BCUT2D eigenvalue weighted by atomic mass is 31.2. The summed E-state index contributed by atoms with van der Waals surface area (Å²) >= 11 is 0. The van der Waals surface area contributed by atoms with E-state index >= 15 is 0 Å². The van der Waals surface area contributed by atoms with Gasteiger partial charge in [-0.2, -0.15) is 0 Å². The van der Waals surface area contributed by atoms with Gasteiger partial charge < -0.3 is 14.9 Å². The Bertz CT molecular complexity index is 450. The van der Waals surface area contributed by atoms with Crippen molar-refractivity contribution in [2.45, 2.75) is 0 Å². The lowest BCUT2D eigenvalue weighted by molar-refractivity contribution is 0.578. The van der Waals surface area contributed by atoms with E-state index in [0.717, 1.165) is 0 Å². The minimum absolute atomic E-state index is 0.267. The molecule has 1 rings (SSSR count). The fraction of sp³-hybridized carbons (Fsp3) is 0.400. The quantitative estimate of drug-likeness (QED) is 0.657. The zero-order chi connectivity index (χ0) is 11.7. The molecule has 0 saturated carbocycles. The van der Waals surface area contributed by atoms with E-state index in [1.165, 1.54) is 0 Å². The van der Waals surface area contributed by atoms with E-state index < -0.39 is 14.3 Å². The summed E-state index contributed by atoms with van der Waals surface area (Å²) in [5, 5.41) is 0.714. The first-order valence-electron chi connectivity index (χ1n) is 4.67. The number of rotatable bonds is 3. The number of nitrogen functional groups attached to an aromatic ring is 1. The van der Waals surface area contributed by atoms with Crippen LogP contribution in [0.2, 0.25) is 0 Å². The summed E-state index contributed by atoms with van der Waals surface area (Å²) in [5.74, 6) is 0.267. The first-order valence-corrected chi connectivity index (χ1v) is 9.80. The largest absolute Gasteiger partial charge is 0.399 e. The predicted molar refractivity (Wildman–Crippen MR) is 68.3 cm³/mol. The Morgan fingerprint density at radius 2 is 1.80 bits per heavy atom. The number of hydrogen-bond donors (Lipinski definition) is 1. The van der Waals surface area contributed by atoms with E-state index in [9.17, 15) is 9.13 Å². The van der Waals surface area contributed by atoms with E-state index in [-0.39, 0.29) is 5.90 Å². The van der Waals surface area contributed by atoms with Crippen LogP contribution in [0.5, 0.6) is 0 Å². The highest BCUT2D eigenvalue weighted by molar-refractivity contribution is 7.83. The molecule has 0 radical (unpaired) electrons. The molecule has 0 spiro atoms. The molecule has 1 aromatic rings. The average molecular weight is 245 g/mol. The normalized spacial score (nSPS) is 15.9. The summed E-state index contributed by atoms with van der Waals surface area (Å²) in [6.07, 6.45) is 0. The molecule has 0 heterocycles. The van der Waals surface area contributed by atoms with E-state index in [1.807, 2.05) is 0 Å². The van der Waals surface area contributed by atoms with Crippen LogP contribution in [-0.2, 0) is 9.13 Å². The molecular formula is C10H17NO2P2. The second kappa shape index (κ2) is 4.15. The van der Waals surface area contributed by atoms with Crippen molar-refractivity contribution in [1.82, 2.24) is 0 Å². The Balaban J connectivity index is 3.07. The summed E-state index contributed by atoms with van der Waals surface area (Å²) in [5.41, 5.74) is 6.22. The standard InChI is InChI=1S/C10H17NO2P2/c1-14(2,12)8-15(3,13)10-6-4-5-9(11)7-10/h4-7H,8,11H2,1-3H3. The number of nitrogens with two attached hydrogens (primary N) is 1. The molecule has 0 aromatic heterocycles. The molecule has 0 aliphatic carbocycles. The maximum atomic E-state index is 12.4. The van der Waals surface area contributed by atoms with Crippen LogP contribution in [0.3, 0.4) is 0 Å². The summed E-state index contributed by atoms with van der Waals surface area (Å²) in [6.45, 7) is 4.99. The number of hydrogen-bond acceptors (Lipinski definition) is 3. The lowest BCUT2D eigenvalue weighted by atomic mass is 10.3. The minimum atomic E-state index is -2.54. The third-order valence-electron chi connectivity index (χ3n) is 2.03. The van der Waals surface area contributed by atoms with Crippen molar-refractivity contribution < 1.29 is 9.13 Å². The van der Waals surface area contributed by atoms with Crippen LogP contribution < -0.4 is 11.0 Å². The van der Waals surface area contributed by atoms with Crippen molar-refractivity contribution in [2.24, 2.45) is 0 Å². The molecule has 1 aromatic carbocycles. The molecule has 2 N–H and O–H groups in total. The second-order valence-corrected chi connectivity index (χ2v) is 11.4. The Morgan fingerprint density at radius 1 is 1.20 bits per heavy atom. The Hall–Kier alpha value is -0.520. The summed E-state index contributed by atoms with van der Waals surface area (Å²) < 4.78 is 24.0. The molecule has 0 bridgehead atoms. The molecule has 1 atom stereocenters. The maximum absolute atomic E-state index is 12.4. The van der Waals surface area contributed by atoms with Gasteiger partial charge in [0.2, 0.25) is 0 Å². The van der Waals surface area contributed by atoms with Crippen LogP contribution in [0.4, 0.5) is 5.69 Å². The molecule has 84 valence electrons. The van der Waals surface area contributed by atoms with E-state index in [1.54, 1.807) is 44.3 Å². The fourth-order valence-electron chi connectivity index (χ4n) is 1.55. The zero-order valence-electron chi connectivity index (χ0n) is 9.30. The molecular weight excluding hydrogens is 228 g/mol. The second-order valence-electron chi connectivity index (χ2n) is 4.41. The molecule has 0 fully saturated rings. The van der Waals surface area contributed by atoms with Crippen molar-refractivity contribution in [2.75, 3.05) is 31.6 Å². The lowest BCUT2D eigenvalue weighted by Crippen LogP contribution is -2.07. The first-order chi connectivity index (χ1) is 6.71. The van der Waals surface area contributed by atoms with Gasteiger partial charge in [-0.3, -0.25) is 0 Å². The van der Waals surface area contributed by atoms with E-state index in [2.05, 4.69) is 0 Å². The van der Waals surface area contributed by atoms with Crippen molar-refractivity contribution >= 4 is 25.3 Å². The molecule has 0 amide bonds. The van der Waals surface area contributed by atoms with Crippen LogP contribution >= 0.6 is 14.3 Å². The third kappa shape index (κ3) is 3.85. The molecule has 0 saturated heterocycles. The fourth-order valence-corrected chi connectivity index (χ4v) is 8.23. The van der Waals surface area contributed by atoms with Gasteiger partial charge in [-0.25, -0.2) is 0 Å². The van der Waals surface area contributed by atoms with Gasteiger partial charge in [-0.1, -0.05) is 12.1 Å². The van der Waals surface area contributed by atoms with E-state index in [0.29, 0.717) is 11.0 Å². The number of anilines is 1. The average Bonchev–Trinajstić information content (AvgIpc) is 1.99. The summed E-state index contributed by atoms with van der Waals surface area (Å²) in [4.78, 5) is 0. The van der Waals surface area contributed by atoms with Crippen LogP contribution in [0.1, 0.15) is 0 Å². The Morgan fingerprint density at radius 3 is 2.27 bits per heavy atom. The maximum Gasteiger partial charge on any atom is 0.119 e. The molecule has 5 heteroatoms. The molecule has 0 aliphatic rings. The molecule has 1 unspecified atom stereocenters. The molecule has 0 aliphatic heterocycles. The van der Waals surface area contributed by atoms with Gasteiger partial charge in [0.05, 0.1) is 13.0 Å². The van der Waals surface area contributed by atoms with Crippen LogP contribution in [-0.4, -0.2) is 25.9 Å². The van der Waals surface area contributed by atoms with Crippen LogP contribution in [0.25, 0.3) is 0 Å². The minimum Gasteiger partial charge on any atom is -0.399 e. The van der Waals surface area contributed by atoms with Gasteiger partial charge in [0.25, 0.3) is 0 Å². The van der Waals surface area contributed by atoms with Crippen molar-refractivity contribution in [3.8, 4) is 0 Å². The smallest absolute Gasteiger partial charge is 0.119 e. The zero-order valence-corrected chi connectivity index (χ0v) is 11.1. The predicted octanol–water partition coefficient (Wildman–Crippen LogP) is 2.47. The van der Waals surface area contributed by atoms with Gasteiger partial charge in [0, 0.05) is 11.0 Å². The Labute approximate surface area is 90.8 Å². The lowest BCUT2D eigenvalue weighted by Gasteiger charge is -2.16. The summed E-state index contributed by atoms with van der Waals surface area (Å²) in [6, 6.07) is 7.02. The van der Waals surface area contributed by atoms with E-state index in [4.69, 9.17) is 5.73 Å². The summed E-state index contributed by atoms with van der Waals surface area (Å²) in [7, 11) is -4.81. The Kier molecular flexibility index (Phi) is 3.48. The van der Waals surface area contributed by atoms with Crippen LogP contribution in [0.15, 0.2) is 24.3 Å². The van der Waals surface area contributed by atoms with Gasteiger partial charge in [-0.05, 0) is 32.1 Å². The van der Waals surface area contributed by atoms with Crippen molar-refractivity contribution in [3.05, 3.63) is 24.3 Å². The third-order valence-corrected chi connectivity index (χ3v) is 8.28. The SMILES string of the molecule is CP(C)(=O)CP(C)(=O)c1cccc(N)c1. The highest BCUT2D eigenvalue weighted by Crippen LogP contribution is 2.54. The molecule has 15 heavy (non-hydrogen) atoms. The van der Waals surface area contributed by atoms with Gasteiger partial charge in [-0.15, -0.1) is 0 Å². The van der Waals surface area contributed by atoms with Gasteiger partial charge >= 0.3 is 0 Å². The highest BCUT2D eigenvalue weighted by Gasteiger charge is 2.24. The first kappa shape index (κ1) is 12.5. The van der Waals surface area contributed by atoms with Crippen LogP contribution in [0, 0.1) is 0 Å². The van der Waals surface area contributed by atoms with Gasteiger partial charge in [0.15, 0.2) is 0 Å². The topological polar surface area (TPSA) is 60.2 Å². The van der Waals surface area contributed by atoms with Gasteiger partial charge in [0.1, 0.15) is 7.14 Å².